The normalized spacial score (nSPS) is 10.4. The summed E-state index contributed by atoms with van der Waals surface area (Å²) in [5.41, 5.74) is 13.7. The van der Waals surface area contributed by atoms with Crippen LogP contribution in [0.2, 0.25) is 5.02 Å². The molecule has 0 aliphatic carbocycles. The summed E-state index contributed by atoms with van der Waals surface area (Å²) in [5, 5.41) is 0.430. The number of carbonyl (C=O) groups is 1. The van der Waals surface area contributed by atoms with Crippen LogP contribution in [0.15, 0.2) is 34.8 Å². The fourth-order valence-electron chi connectivity index (χ4n) is 1.92. The Kier molecular flexibility index (Phi) is 4.75. The Hall–Kier alpha value is -1.72. The molecule has 21 heavy (non-hydrogen) atoms. The van der Waals surface area contributed by atoms with E-state index in [-0.39, 0.29) is 6.61 Å². The van der Waals surface area contributed by atoms with Gasteiger partial charge in [-0.25, -0.2) is 0 Å². The first-order valence-corrected chi connectivity index (χ1v) is 7.32. The second kappa shape index (κ2) is 6.37. The third-order valence-electron chi connectivity index (χ3n) is 2.98. The van der Waals surface area contributed by atoms with Crippen LogP contribution in [-0.2, 0) is 6.61 Å². The van der Waals surface area contributed by atoms with Gasteiger partial charge in [0.05, 0.1) is 5.69 Å². The predicted molar refractivity (Wildman–Crippen MR) is 87.6 cm³/mol. The van der Waals surface area contributed by atoms with Crippen molar-refractivity contribution in [2.24, 2.45) is 5.73 Å². The van der Waals surface area contributed by atoms with Crippen molar-refractivity contribution in [1.29, 1.82) is 0 Å². The number of hydrogen-bond acceptors (Lipinski definition) is 3. The zero-order valence-corrected chi connectivity index (χ0v) is 13.7. The van der Waals surface area contributed by atoms with Crippen LogP contribution in [0.3, 0.4) is 0 Å². The monoisotopic (exact) mass is 368 g/mol. The van der Waals surface area contributed by atoms with Gasteiger partial charge in [0.25, 0.3) is 0 Å². The number of benzene rings is 2. The first-order valence-electron chi connectivity index (χ1n) is 6.15. The number of amides is 1. The highest BCUT2D eigenvalue weighted by Gasteiger charge is 2.10. The number of carbonyl (C=O) groups excluding carboxylic acids is 1. The summed E-state index contributed by atoms with van der Waals surface area (Å²) in [6, 6.07) is 8.56. The van der Waals surface area contributed by atoms with Gasteiger partial charge < -0.3 is 16.2 Å². The van der Waals surface area contributed by atoms with Crippen molar-refractivity contribution < 1.29 is 9.53 Å². The lowest BCUT2D eigenvalue weighted by atomic mass is 10.1. The van der Waals surface area contributed by atoms with E-state index in [9.17, 15) is 4.79 Å². The molecule has 6 heteroatoms. The van der Waals surface area contributed by atoms with Gasteiger partial charge in [0, 0.05) is 20.6 Å². The molecule has 4 nitrogen and oxygen atoms in total. The molecule has 0 aliphatic rings. The first kappa shape index (κ1) is 15.7. The standard InChI is InChI=1S/C15H14BrClN2O2/c1-8-4-11(16)6-13(18)14(8)21-7-10-3-2-9(15(19)20)5-12(10)17/h2-6H,7,18H2,1H3,(H2,19,20). The Labute approximate surface area is 136 Å². The lowest BCUT2D eigenvalue weighted by Gasteiger charge is -2.13. The Bertz CT molecular complexity index is 681. The molecule has 0 spiro atoms. The average molecular weight is 370 g/mol. The van der Waals surface area contributed by atoms with Crippen molar-refractivity contribution in [3.05, 3.63) is 56.5 Å². The number of halogens is 2. The minimum Gasteiger partial charge on any atom is -0.486 e. The van der Waals surface area contributed by atoms with E-state index in [0.29, 0.717) is 22.0 Å². The Balaban J connectivity index is 2.19. The molecule has 1 amide bonds. The molecule has 0 aromatic heterocycles. The van der Waals surface area contributed by atoms with Crippen LogP contribution in [-0.4, -0.2) is 5.91 Å². The molecule has 0 saturated heterocycles. The van der Waals surface area contributed by atoms with Gasteiger partial charge in [0.1, 0.15) is 12.4 Å². The second-order valence-electron chi connectivity index (χ2n) is 4.60. The number of nitrogens with two attached hydrogens (primary N) is 2. The highest BCUT2D eigenvalue weighted by atomic mass is 79.9. The number of aryl methyl sites for hydroxylation is 1. The molecule has 0 bridgehead atoms. The molecule has 0 saturated carbocycles. The molecular formula is C15H14BrClN2O2. The van der Waals surface area contributed by atoms with Gasteiger partial charge >= 0.3 is 0 Å². The van der Waals surface area contributed by atoms with E-state index in [1.807, 2.05) is 13.0 Å². The van der Waals surface area contributed by atoms with E-state index in [4.69, 9.17) is 27.8 Å². The van der Waals surface area contributed by atoms with Crippen LogP contribution in [0.4, 0.5) is 5.69 Å². The van der Waals surface area contributed by atoms with Gasteiger partial charge in [-0.15, -0.1) is 0 Å². The number of ether oxygens (including phenoxy) is 1. The zero-order valence-electron chi connectivity index (χ0n) is 11.3. The van der Waals surface area contributed by atoms with E-state index < -0.39 is 5.91 Å². The number of nitrogen functional groups attached to an aromatic ring is 1. The second-order valence-corrected chi connectivity index (χ2v) is 5.92. The summed E-state index contributed by atoms with van der Waals surface area (Å²) in [7, 11) is 0. The van der Waals surface area contributed by atoms with Gasteiger partial charge in [0.2, 0.25) is 5.91 Å². The van der Waals surface area contributed by atoms with Gasteiger partial charge in [-0.05, 0) is 36.8 Å². The number of hydrogen-bond donors (Lipinski definition) is 2. The number of primary amides is 1. The van der Waals surface area contributed by atoms with E-state index >= 15 is 0 Å². The Morgan fingerprint density at radius 3 is 2.62 bits per heavy atom. The lowest BCUT2D eigenvalue weighted by Crippen LogP contribution is -2.11. The molecule has 2 aromatic rings. The van der Waals surface area contributed by atoms with Crippen molar-refractivity contribution >= 4 is 39.1 Å². The SMILES string of the molecule is Cc1cc(Br)cc(N)c1OCc1ccc(C(N)=O)cc1Cl. The number of anilines is 1. The van der Waals surface area contributed by atoms with E-state index in [0.717, 1.165) is 15.6 Å². The molecule has 0 fully saturated rings. The minimum atomic E-state index is -0.516. The summed E-state index contributed by atoms with van der Waals surface area (Å²) in [6.07, 6.45) is 0. The van der Waals surface area contributed by atoms with Crippen molar-refractivity contribution in [3.8, 4) is 5.75 Å². The van der Waals surface area contributed by atoms with E-state index in [1.165, 1.54) is 6.07 Å². The van der Waals surface area contributed by atoms with Gasteiger partial charge in [-0.2, -0.15) is 0 Å². The zero-order chi connectivity index (χ0) is 15.6. The maximum Gasteiger partial charge on any atom is 0.248 e. The first-order chi connectivity index (χ1) is 9.88. The van der Waals surface area contributed by atoms with Crippen molar-refractivity contribution in [2.75, 3.05) is 5.73 Å². The fraction of sp³-hybridized carbons (Fsp3) is 0.133. The van der Waals surface area contributed by atoms with Crippen LogP contribution >= 0.6 is 27.5 Å². The molecule has 0 aliphatic heterocycles. The Morgan fingerprint density at radius 1 is 1.33 bits per heavy atom. The van der Waals surface area contributed by atoms with Crippen LogP contribution < -0.4 is 16.2 Å². The van der Waals surface area contributed by atoms with Gasteiger partial charge in [-0.1, -0.05) is 33.6 Å². The summed E-state index contributed by atoms with van der Waals surface area (Å²) in [5.74, 6) is 0.102. The van der Waals surface area contributed by atoms with Gasteiger partial charge in [-0.3, -0.25) is 4.79 Å². The number of rotatable bonds is 4. The molecule has 0 atom stereocenters. The highest BCUT2D eigenvalue weighted by molar-refractivity contribution is 9.10. The van der Waals surface area contributed by atoms with Crippen LogP contribution in [0.1, 0.15) is 21.5 Å². The molecule has 2 rings (SSSR count). The van der Waals surface area contributed by atoms with Gasteiger partial charge in [0.15, 0.2) is 0 Å². The third-order valence-corrected chi connectivity index (χ3v) is 3.79. The molecule has 0 heterocycles. The lowest BCUT2D eigenvalue weighted by molar-refractivity contribution is 0.1000. The molecule has 110 valence electrons. The summed E-state index contributed by atoms with van der Waals surface area (Å²) in [4.78, 5) is 11.1. The highest BCUT2D eigenvalue weighted by Crippen LogP contribution is 2.31. The molecule has 4 N–H and O–H groups in total. The van der Waals surface area contributed by atoms with Crippen LogP contribution in [0, 0.1) is 6.92 Å². The smallest absolute Gasteiger partial charge is 0.248 e. The van der Waals surface area contributed by atoms with E-state index in [2.05, 4.69) is 15.9 Å². The van der Waals surface area contributed by atoms with Crippen LogP contribution in [0.25, 0.3) is 0 Å². The summed E-state index contributed by atoms with van der Waals surface area (Å²) < 4.78 is 6.64. The summed E-state index contributed by atoms with van der Waals surface area (Å²) >= 11 is 9.49. The minimum absolute atomic E-state index is 0.255. The third kappa shape index (κ3) is 3.68. The maximum absolute atomic E-state index is 11.1. The molecule has 0 radical (unpaired) electrons. The van der Waals surface area contributed by atoms with Crippen molar-refractivity contribution in [3.63, 3.8) is 0 Å². The topological polar surface area (TPSA) is 78.3 Å². The quantitative estimate of drug-likeness (QED) is 0.807. The molecule has 2 aromatic carbocycles. The van der Waals surface area contributed by atoms with Crippen LogP contribution in [0.5, 0.6) is 5.75 Å². The fourth-order valence-corrected chi connectivity index (χ4v) is 2.75. The molecule has 0 unspecified atom stereocenters. The predicted octanol–water partition coefficient (Wildman–Crippen LogP) is 3.67. The Morgan fingerprint density at radius 2 is 2.05 bits per heavy atom. The summed E-state index contributed by atoms with van der Waals surface area (Å²) in [6.45, 7) is 2.17. The van der Waals surface area contributed by atoms with Crippen molar-refractivity contribution in [1.82, 2.24) is 0 Å². The van der Waals surface area contributed by atoms with Crippen molar-refractivity contribution in [2.45, 2.75) is 13.5 Å². The average Bonchev–Trinajstić information content (AvgIpc) is 2.38. The van der Waals surface area contributed by atoms with E-state index in [1.54, 1.807) is 18.2 Å². The largest absolute Gasteiger partial charge is 0.486 e. The maximum atomic E-state index is 11.1. The molecular weight excluding hydrogens is 356 g/mol.